The van der Waals surface area contributed by atoms with E-state index in [2.05, 4.69) is 41.9 Å². The minimum atomic E-state index is -4.94. The smallest absolute Gasteiger partial charge is 0.0886 e. The van der Waals surface area contributed by atoms with E-state index in [1.807, 2.05) is 36.4 Å². The zero-order valence-corrected chi connectivity index (χ0v) is 21.1. The van der Waals surface area contributed by atoms with Gasteiger partial charge in [-0.25, -0.2) is 27.4 Å². The van der Waals surface area contributed by atoms with Crippen LogP contribution >= 0.6 is 0 Å². The van der Waals surface area contributed by atoms with Crippen molar-refractivity contribution in [2.24, 2.45) is 0 Å². The van der Waals surface area contributed by atoms with Crippen molar-refractivity contribution in [3.05, 3.63) is 117 Å². The van der Waals surface area contributed by atoms with E-state index in [-0.39, 0.29) is 22.8 Å². The van der Waals surface area contributed by atoms with Crippen LogP contribution in [0.1, 0.15) is 6.92 Å². The zero-order valence-electron chi connectivity index (χ0n) is 19.1. The van der Waals surface area contributed by atoms with Crippen molar-refractivity contribution in [2.75, 3.05) is 4.90 Å². The van der Waals surface area contributed by atoms with Gasteiger partial charge >= 0.3 is 33.9 Å². The molecule has 4 rings (SSSR count). The normalized spacial score (nSPS) is 10.4. The van der Waals surface area contributed by atoms with Crippen LogP contribution in [0.25, 0.3) is 11.4 Å². The van der Waals surface area contributed by atoms with E-state index in [9.17, 15) is 8.78 Å². The van der Waals surface area contributed by atoms with Crippen molar-refractivity contribution in [1.29, 1.82) is 0 Å². The first-order chi connectivity index (χ1) is 17.7. The molecule has 199 valence electrons. The van der Waals surface area contributed by atoms with Gasteiger partial charge in [0.1, 0.15) is 17.3 Å². The van der Waals surface area contributed by atoms with Crippen molar-refractivity contribution in [3.8, 4) is 11.4 Å². The van der Waals surface area contributed by atoms with Crippen LogP contribution in [0.3, 0.4) is 0 Å². The number of nitrogens with zero attached hydrogens (tertiary/aromatic N) is 3. The van der Waals surface area contributed by atoms with Gasteiger partial charge in [-0.2, -0.15) is 0 Å². The Morgan fingerprint density at radius 2 is 1.18 bits per heavy atom. The summed E-state index contributed by atoms with van der Waals surface area (Å²) in [6.07, 6.45) is 5.15. The molecule has 0 saturated carbocycles. The Bertz CT molecular complexity index is 1060. The van der Waals surface area contributed by atoms with Crippen LogP contribution in [0.15, 0.2) is 78.9 Å². The summed E-state index contributed by atoms with van der Waals surface area (Å²) in [7, 11) is -4.94. The molecule has 15 heteroatoms. The van der Waals surface area contributed by atoms with Gasteiger partial charge in [-0.15, -0.1) is 10.2 Å². The van der Waals surface area contributed by atoms with Gasteiger partial charge in [0.2, 0.25) is 6.67 Å². The predicted molar refractivity (Wildman–Crippen MR) is 108 cm³/mol. The summed E-state index contributed by atoms with van der Waals surface area (Å²) in [5.74, 6) is -1.21. The number of para-hydroxylation sites is 1. The summed E-state index contributed by atoms with van der Waals surface area (Å²) < 4.78 is 83.1. The van der Waals surface area contributed by atoms with Crippen molar-refractivity contribution >= 4 is 5.69 Å². The Labute approximate surface area is 229 Å². The fourth-order valence-corrected chi connectivity index (χ4v) is 2.32. The van der Waals surface area contributed by atoms with Gasteiger partial charge in [-0.1, -0.05) is 18.2 Å². The molecular weight excluding hydrogens is 573 g/mol. The number of hydrogen-bond donors (Lipinski definition) is 1. The van der Waals surface area contributed by atoms with E-state index in [1.54, 1.807) is 25.5 Å². The molecule has 3 radical (unpaired) electrons. The van der Waals surface area contributed by atoms with Gasteiger partial charge in [-0.3, -0.25) is 9.97 Å². The number of halogens is 3. The average Bonchev–Trinajstić information content (AvgIpc) is 3.33. The molecule has 3 heterocycles. The Morgan fingerprint density at radius 3 is 1.47 bits per heavy atom. The molecule has 0 saturated heterocycles. The molecule has 0 unspecified atom stereocenters. The third-order valence-corrected chi connectivity index (χ3v) is 3.56. The van der Waals surface area contributed by atoms with E-state index < -0.39 is 21.9 Å². The standard InChI is InChI=1S/C10H8F2N2.C10H8N2.3CO.ClHO4.Mn/c1-7-5-13-6-14(7)10-8(11)3-2-4-9(10)12;1-3-7-11-9(5-1)10-6-2-4-8-12-10;3*1-2;2-1(3,4)5;/h2-5,13H,1H3;1-8H;;;;(H,2,3,4,5);/p-1. The molecule has 1 N–H and O–H groups in total. The molecule has 0 bridgehead atoms. The molecule has 38 heavy (non-hydrogen) atoms. The zero-order chi connectivity index (χ0) is 28.9. The van der Waals surface area contributed by atoms with Crippen molar-refractivity contribution in [3.63, 3.8) is 0 Å². The van der Waals surface area contributed by atoms with E-state index in [1.165, 1.54) is 23.1 Å². The van der Waals surface area contributed by atoms with Crippen molar-refractivity contribution < 1.29 is 68.7 Å². The fraction of sp³-hybridized carbons (Fsp3) is 0.0435. The van der Waals surface area contributed by atoms with Crippen LogP contribution in [0.2, 0.25) is 0 Å². The molecule has 1 aliphatic heterocycles. The first-order valence-electron chi connectivity index (χ1n) is 9.14. The molecule has 2 aromatic heterocycles. The van der Waals surface area contributed by atoms with Crippen LogP contribution in [-0.4, -0.2) is 9.97 Å². The molecular formula is C23H16ClF2MnN4O7-. The van der Waals surface area contributed by atoms with Crippen LogP contribution in [-0.2, 0) is 31.0 Å². The molecule has 1 aliphatic rings. The monoisotopic (exact) mass is 588 g/mol. The van der Waals surface area contributed by atoms with Gasteiger partial charge in [0, 0.05) is 41.4 Å². The van der Waals surface area contributed by atoms with E-state index >= 15 is 0 Å². The van der Waals surface area contributed by atoms with Gasteiger partial charge in [-0.05, 0) is 43.3 Å². The quantitative estimate of drug-likeness (QED) is 0.235. The largest absolute Gasteiger partial charge is 0.255 e. The third kappa shape index (κ3) is 16.4. The molecule has 0 atom stereocenters. The number of pyridine rings is 2. The second kappa shape index (κ2) is 22.8. The molecule has 0 amide bonds. The number of rotatable bonds is 2. The summed E-state index contributed by atoms with van der Waals surface area (Å²) in [4.78, 5) is 9.68. The van der Waals surface area contributed by atoms with Gasteiger partial charge in [0.15, 0.2) is 0 Å². The summed E-state index contributed by atoms with van der Waals surface area (Å²) in [5.41, 5.74) is 2.41. The molecule has 3 aromatic rings. The minimum Gasteiger partial charge on any atom is -0.255 e. The molecule has 0 spiro atoms. The Morgan fingerprint density at radius 1 is 0.789 bits per heavy atom. The second-order valence-electron chi connectivity index (χ2n) is 5.76. The van der Waals surface area contributed by atoms with Gasteiger partial charge in [0.25, 0.3) is 0 Å². The third-order valence-electron chi connectivity index (χ3n) is 3.56. The number of anilines is 1. The van der Waals surface area contributed by atoms with Gasteiger partial charge in [0.05, 0.1) is 11.4 Å². The molecule has 1 aromatic carbocycles. The van der Waals surface area contributed by atoms with Crippen LogP contribution in [0, 0.1) is 48.5 Å². The average molecular weight is 589 g/mol. The first-order valence-corrected chi connectivity index (χ1v) is 10.4. The SMILES string of the molecule is CC1=CN[C]N1c1c(F)cccc1F.[C-]#[O+].[C-]#[O+].[C-]#[O+].[Mn].[O-][Cl+3]([O-])([O-])[O-].c1ccc(-c2ccccn2)nc1. The minimum absolute atomic E-state index is 0. The van der Waals surface area contributed by atoms with E-state index in [4.69, 9.17) is 32.6 Å². The van der Waals surface area contributed by atoms with Crippen molar-refractivity contribution in [2.45, 2.75) is 6.92 Å². The molecule has 11 nitrogen and oxygen atoms in total. The molecule has 0 fully saturated rings. The van der Waals surface area contributed by atoms with Crippen molar-refractivity contribution in [1.82, 2.24) is 15.3 Å². The Balaban J connectivity index is -0.000000465. The summed E-state index contributed by atoms with van der Waals surface area (Å²) in [6, 6.07) is 15.4. The van der Waals surface area contributed by atoms with Crippen LogP contribution in [0.5, 0.6) is 0 Å². The maximum atomic E-state index is 13.3. The topological polar surface area (TPSA) is 193 Å². The Kier molecular flexibility index (Phi) is 23.4. The van der Waals surface area contributed by atoms with Gasteiger partial charge < -0.3 is 10.2 Å². The number of hydrogen-bond acceptors (Lipinski definition) is 8. The maximum absolute atomic E-state index is 13.3. The number of benzene rings is 1. The summed E-state index contributed by atoms with van der Waals surface area (Å²) >= 11 is 0. The number of aromatic nitrogens is 2. The first kappa shape index (κ1) is 39.1. The number of nitrogens with one attached hydrogen (secondary N) is 1. The summed E-state index contributed by atoms with van der Waals surface area (Å²) in [5, 5.41) is 2.66. The van der Waals surface area contributed by atoms with Crippen LogP contribution < -0.4 is 28.9 Å². The maximum Gasteiger partial charge on any atom is 0.0886 e. The molecule has 0 aliphatic carbocycles. The van der Waals surface area contributed by atoms with E-state index in [0.29, 0.717) is 5.70 Å². The second-order valence-corrected chi connectivity index (χ2v) is 6.51. The summed E-state index contributed by atoms with van der Waals surface area (Å²) in [6.45, 7) is 17.9. The Hall–Kier alpha value is -3.41. The van der Waals surface area contributed by atoms with Crippen LogP contribution in [0.4, 0.5) is 14.5 Å². The fourth-order valence-electron chi connectivity index (χ4n) is 2.32. The van der Waals surface area contributed by atoms with E-state index in [0.717, 1.165) is 11.4 Å². The predicted octanol–water partition coefficient (Wildman–Crippen LogP) is -0.495. The number of allylic oxidation sites excluding steroid dienone is 1.